The van der Waals surface area contributed by atoms with Crippen LogP contribution in [-0.2, 0) is 0 Å². The number of hydrogen-bond donors (Lipinski definition) is 0. The summed E-state index contributed by atoms with van der Waals surface area (Å²) in [4.78, 5) is 25.8. The fraction of sp³-hybridized carbons (Fsp3) is 0. The van der Waals surface area contributed by atoms with E-state index in [-0.39, 0.29) is 20.1 Å². The van der Waals surface area contributed by atoms with Crippen molar-refractivity contribution < 1.29 is 9.59 Å². The Morgan fingerprint density at radius 2 is 1.10 bits per heavy atom. The van der Waals surface area contributed by atoms with Gasteiger partial charge in [-0.3, -0.25) is 9.59 Å². The van der Waals surface area contributed by atoms with E-state index in [4.69, 9.17) is 0 Å². The van der Waals surface area contributed by atoms with Crippen molar-refractivity contribution in [1.82, 2.24) is 0 Å². The van der Waals surface area contributed by atoms with Crippen LogP contribution in [-0.4, -0.2) is 11.6 Å². The summed E-state index contributed by atoms with van der Waals surface area (Å²) in [6.45, 7) is 0. The van der Waals surface area contributed by atoms with Crippen molar-refractivity contribution in [3.8, 4) is 22.3 Å². The van der Waals surface area contributed by atoms with Crippen LogP contribution in [0, 0.1) is 0 Å². The first-order valence-corrected chi connectivity index (χ1v) is 11.1. The molecule has 0 saturated heterocycles. The zero-order valence-electron chi connectivity index (χ0n) is 16.7. The number of carbonyl (C=O) groups is 2. The summed E-state index contributed by atoms with van der Waals surface area (Å²) < 4.78 is 0. The highest BCUT2D eigenvalue weighted by atomic mass is 31.1. The van der Waals surface area contributed by atoms with Crippen molar-refractivity contribution >= 4 is 25.5 Å². The summed E-state index contributed by atoms with van der Waals surface area (Å²) in [5, 5.41) is 1.62. The zero-order chi connectivity index (χ0) is 21.2. The van der Waals surface area contributed by atoms with Gasteiger partial charge in [-0.2, -0.15) is 0 Å². The second kappa shape index (κ2) is 8.26. The molecule has 1 unspecified atom stereocenters. The van der Waals surface area contributed by atoms with Gasteiger partial charge in [-0.05, 0) is 33.6 Å². The van der Waals surface area contributed by atoms with Gasteiger partial charge < -0.3 is 0 Å². The zero-order valence-corrected chi connectivity index (χ0v) is 17.7. The van der Waals surface area contributed by atoms with Gasteiger partial charge in [0, 0.05) is 16.4 Å². The van der Waals surface area contributed by atoms with Crippen molar-refractivity contribution in [1.29, 1.82) is 0 Å². The third kappa shape index (κ3) is 3.67. The van der Waals surface area contributed by atoms with E-state index in [9.17, 15) is 9.59 Å². The van der Waals surface area contributed by atoms with Crippen LogP contribution in [0.1, 0.15) is 20.7 Å². The van der Waals surface area contributed by atoms with Crippen LogP contribution in [0.25, 0.3) is 22.3 Å². The number of carbonyl (C=O) groups excluding carboxylic acids is 2. The Balaban J connectivity index is 1.64. The number of hydrogen-bond acceptors (Lipinski definition) is 2. The quantitative estimate of drug-likeness (QED) is 0.365. The van der Waals surface area contributed by atoms with Crippen molar-refractivity contribution in [2.45, 2.75) is 0 Å². The van der Waals surface area contributed by atoms with Gasteiger partial charge in [-0.25, -0.2) is 0 Å². The number of fused-ring (bicyclic) bond motifs is 1. The highest BCUT2D eigenvalue weighted by molar-refractivity contribution is 7.54. The van der Waals surface area contributed by atoms with Crippen LogP contribution in [0.4, 0.5) is 0 Å². The van der Waals surface area contributed by atoms with Crippen LogP contribution in [0.15, 0.2) is 115 Å². The van der Waals surface area contributed by atoms with Gasteiger partial charge in [0.15, 0.2) is 11.6 Å². The van der Waals surface area contributed by atoms with E-state index >= 15 is 0 Å². The topological polar surface area (TPSA) is 34.1 Å². The van der Waals surface area contributed by atoms with E-state index in [1.165, 1.54) is 6.08 Å². The Morgan fingerprint density at radius 3 is 1.81 bits per heavy atom. The largest absolute Gasteiger partial charge is 0.289 e. The minimum atomic E-state index is -0.0989. The fourth-order valence-electron chi connectivity index (χ4n) is 3.98. The van der Waals surface area contributed by atoms with E-state index < -0.39 is 0 Å². The Hall–Kier alpha value is -3.61. The van der Waals surface area contributed by atoms with Gasteiger partial charge in [-0.1, -0.05) is 112 Å². The van der Waals surface area contributed by atoms with Crippen molar-refractivity contribution in [3.05, 3.63) is 126 Å². The SMILES string of the molecule is O=C1C=C(Pc2cccc(-c3ccccc3)c2-c2ccccc2)C(=O)c2ccccc21. The third-order valence-corrected chi connectivity index (χ3v) is 6.77. The lowest BCUT2D eigenvalue weighted by atomic mass is 9.94. The average Bonchev–Trinajstić information content (AvgIpc) is 2.83. The van der Waals surface area contributed by atoms with Crippen LogP contribution in [0.2, 0.25) is 0 Å². The van der Waals surface area contributed by atoms with Crippen molar-refractivity contribution in [2.24, 2.45) is 0 Å². The van der Waals surface area contributed by atoms with E-state index in [1.54, 1.807) is 18.2 Å². The molecule has 0 bridgehead atoms. The van der Waals surface area contributed by atoms with E-state index in [0.717, 1.165) is 27.6 Å². The number of ketones is 2. The van der Waals surface area contributed by atoms with Gasteiger partial charge in [-0.15, -0.1) is 0 Å². The van der Waals surface area contributed by atoms with Crippen LogP contribution in [0.5, 0.6) is 0 Å². The molecule has 0 radical (unpaired) electrons. The standard InChI is InChI=1S/C28H19O2P/c29-24-18-26(28(30)23-15-8-7-14-22(23)24)31-25-17-9-16-21(19-10-3-1-4-11-19)27(25)20-12-5-2-6-13-20/h1-18,31H. The Morgan fingerprint density at radius 1 is 0.516 bits per heavy atom. The number of allylic oxidation sites excluding steroid dienone is 2. The van der Waals surface area contributed by atoms with Gasteiger partial charge in [0.1, 0.15) is 0 Å². The molecule has 148 valence electrons. The monoisotopic (exact) mass is 418 g/mol. The van der Waals surface area contributed by atoms with Gasteiger partial charge in [0.2, 0.25) is 0 Å². The summed E-state index contributed by atoms with van der Waals surface area (Å²) in [5.41, 5.74) is 5.43. The molecule has 1 aliphatic carbocycles. The lowest BCUT2D eigenvalue weighted by Crippen LogP contribution is -2.16. The van der Waals surface area contributed by atoms with Crippen LogP contribution in [0.3, 0.4) is 0 Å². The molecule has 3 heteroatoms. The van der Waals surface area contributed by atoms with Crippen LogP contribution < -0.4 is 5.30 Å². The third-order valence-electron chi connectivity index (χ3n) is 5.44. The summed E-state index contributed by atoms with van der Waals surface area (Å²) in [6, 6.07) is 33.8. The molecule has 4 aromatic rings. The second-order valence-corrected chi connectivity index (χ2v) is 8.71. The van der Waals surface area contributed by atoms with E-state index in [0.29, 0.717) is 16.4 Å². The average molecular weight is 418 g/mol. The van der Waals surface area contributed by atoms with Gasteiger partial charge >= 0.3 is 0 Å². The molecular weight excluding hydrogens is 399 g/mol. The van der Waals surface area contributed by atoms with E-state index in [1.807, 2.05) is 48.5 Å². The smallest absolute Gasteiger partial charge is 0.194 e. The predicted octanol–water partition coefficient (Wildman–Crippen LogP) is 6.29. The molecule has 31 heavy (non-hydrogen) atoms. The number of benzene rings is 4. The molecule has 0 aromatic heterocycles. The van der Waals surface area contributed by atoms with Gasteiger partial charge in [0.25, 0.3) is 0 Å². The molecule has 1 atom stereocenters. The number of rotatable bonds is 4. The highest BCUT2D eigenvalue weighted by Gasteiger charge is 2.26. The normalized spacial score (nSPS) is 13.4. The summed E-state index contributed by atoms with van der Waals surface area (Å²) >= 11 is 0. The number of Topliss-reactive ketones (excluding diaryl/α,β-unsaturated/α-hetero) is 1. The Labute approximate surface area is 183 Å². The summed E-state index contributed by atoms with van der Waals surface area (Å²) in [7, 11) is 0.0884. The lowest BCUT2D eigenvalue weighted by Gasteiger charge is -2.19. The minimum Gasteiger partial charge on any atom is -0.289 e. The summed E-state index contributed by atoms with van der Waals surface area (Å²) in [5.74, 6) is -0.157. The van der Waals surface area contributed by atoms with E-state index in [2.05, 4.69) is 36.4 Å². The maximum Gasteiger partial charge on any atom is 0.194 e. The maximum atomic E-state index is 13.2. The molecule has 0 fully saturated rings. The Kier molecular flexibility index (Phi) is 5.16. The first-order chi connectivity index (χ1) is 15.2. The molecule has 0 spiro atoms. The van der Waals surface area contributed by atoms with Crippen LogP contribution >= 0.6 is 8.58 Å². The maximum absolute atomic E-state index is 13.2. The molecule has 2 nitrogen and oxygen atoms in total. The molecule has 5 rings (SSSR count). The first kappa shape index (κ1) is 19.4. The van der Waals surface area contributed by atoms with Crippen molar-refractivity contribution in [2.75, 3.05) is 0 Å². The first-order valence-electron chi connectivity index (χ1n) is 10.1. The highest BCUT2D eigenvalue weighted by Crippen LogP contribution is 2.38. The molecule has 1 aliphatic rings. The molecule has 0 heterocycles. The minimum absolute atomic E-state index is 0.0577. The second-order valence-electron chi connectivity index (χ2n) is 7.38. The predicted molar refractivity (Wildman–Crippen MR) is 128 cm³/mol. The van der Waals surface area contributed by atoms with Crippen molar-refractivity contribution in [3.63, 3.8) is 0 Å². The molecule has 0 saturated carbocycles. The molecule has 0 N–H and O–H groups in total. The summed E-state index contributed by atoms with van der Waals surface area (Å²) in [6.07, 6.45) is 1.52. The van der Waals surface area contributed by atoms with Gasteiger partial charge in [0.05, 0.1) is 0 Å². The lowest BCUT2D eigenvalue weighted by molar-refractivity contribution is 0.0991. The fourth-order valence-corrected chi connectivity index (χ4v) is 5.31. The molecule has 0 aliphatic heterocycles. The molecular formula is C28H19O2P. The molecule has 4 aromatic carbocycles. The molecule has 0 amide bonds. The Bertz CT molecular complexity index is 1320.